The zero-order valence-electron chi connectivity index (χ0n) is 23.8. The van der Waals surface area contributed by atoms with Gasteiger partial charge in [-0.05, 0) is 6.07 Å². The van der Waals surface area contributed by atoms with Gasteiger partial charge in [-0.25, -0.2) is 33.2 Å². The Balaban J connectivity index is 1.22. The van der Waals surface area contributed by atoms with E-state index in [9.17, 15) is 53.4 Å². The number of carbonyl (C=O) groups is 1. The van der Waals surface area contributed by atoms with Crippen molar-refractivity contribution in [2.45, 2.75) is 49.1 Å². The lowest BCUT2D eigenvalue weighted by atomic mass is 10.1. The Hall–Kier alpha value is -2.86. The maximum absolute atomic E-state index is 12.5. The second kappa shape index (κ2) is 13.8. The van der Waals surface area contributed by atoms with E-state index in [0.29, 0.717) is 0 Å². The third-order valence-electron chi connectivity index (χ3n) is 6.93. The smallest absolute Gasteiger partial charge is 0.478 e. The Morgan fingerprint density at radius 3 is 2.42 bits per heavy atom. The molecule has 2 aliphatic heterocycles. The maximum atomic E-state index is 12.5. The number of nitrogen functional groups attached to an aromatic ring is 1. The van der Waals surface area contributed by atoms with Crippen LogP contribution in [0.15, 0.2) is 37.2 Å². The van der Waals surface area contributed by atoms with Crippen LogP contribution in [0.3, 0.4) is 0 Å². The highest BCUT2D eigenvalue weighted by molar-refractivity contribution is 7.60. The summed E-state index contributed by atoms with van der Waals surface area (Å²) in [6.45, 7) is -2.21. The molecule has 2 aliphatic rings. The summed E-state index contributed by atoms with van der Waals surface area (Å²) in [6, 6.07) is 2.56. The summed E-state index contributed by atoms with van der Waals surface area (Å²) in [5.41, 5.74) is 5.64. The Kier molecular flexibility index (Phi) is 10.5. The molecule has 27 heteroatoms. The first-order valence-electron chi connectivity index (χ1n) is 13.3. The number of nitrogens with two attached hydrogens (primary N) is 1. The summed E-state index contributed by atoms with van der Waals surface area (Å²) in [4.78, 5) is 64.1. The van der Waals surface area contributed by atoms with Crippen LogP contribution in [0.5, 0.6) is 0 Å². The molecule has 0 amide bonds. The fraction of sp³-hybridized carbons (Fsp3) is 0.476. The molecule has 264 valence electrons. The number of aromatic carboxylic acids is 1. The van der Waals surface area contributed by atoms with Crippen LogP contribution in [0.2, 0.25) is 0 Å². The molecule has 0 saturated carbocycles. The van der Waals surface area contributed by atoms with Crippen LogP contribution in [-0.4, -0.2) is 110 Å². The molecular formula is C21H27N6O18P3. The van der Waals surface area contributed by atoms with Crippen molar-refractivity contribution in [3.63, 3.8) is 0 Å². The predicted octanol–water partition coefficient (Wildman–Crippen LogP) is -2.93. The van der Waals surface area contributed by atoms with Gasteiger partial charge in [-0.15, -0.1) is 0 Å². The number of anilines is 1. The van der Waals surface area contributed by atoms with E-state index in [-0.39, 0.29) is 22.5 Å². The minimum Gasteiger partial charge on any atom is -0.756 e. The van der Waals surface area contributed by atoms with Gasteiger partial charge in [0.1, 0.15) is 47.9 Å². The molecule has 5 rings (SSSR count). The van der Waals surface area contributed by atoms with Crippen LogP contribution in [0, 0.1) is 0 Å². The molecule has 2 unspecified atom stereocenters. The van der Waals surface area contributed by atoms with Gasteiger partial charge >= 0.3 is 21.6 Å². The Morgan fingerprint density at radius 1 is 1.02 bits per heavy atom. The van der Waals surface area contributed by atoms with Crippen molar-refractivity contribution in [3.05, 3.63) is 42.7 Å². The molecule has 3 aromatic rings. The number of aromatic nitrogens is 5. The lowest BCUT2D eigenvalue weighted by Gasteiger charge is -2.27. The SMILES string of the molecule is Nc1ncnc2c1ncn2[C@@H]1O[C@H](COP(=O)(O)OP(=O)([O-])OC[C@H]2O[C@@H]([n+]3cccc(C(=O)O)c3)[C@H](O)[C@@H]2O)[C@@H](OP(=O)(O)O)[C@H]1O. The molecule has 3 aromatic heterocycles. The number of nitrogens with zero attached hydrogens (tertiary/aromatic N) is 5. The van der Waals surface area contributed by atoms with Gasteiger partial charge in [0.25, 0.3) is 14.1 Å². The molecular weight excluding hydrogens is 717 g/mol. The molecule has 5 heterocycles. The Morgan fingerprint density at radius 2 is 1.73 bits per heavy atom. The first-order chi connectivity index (χ1) is 22.4. The topological polar surface area (TPSA) is 362 Å². The summed E-state index contributed by atoms with van der Waals surface area (Å²) in [5.74, 6) is -1.35. The number of imidazole rings is 1. The summed E-state index contributed by atoms with van der Waals surface area (Å²) < 4.78 is 67.7. The van der Waals surface area contributed by atoms with Gasteiger partial charge in [-0.2, -0.15) is 4.57 Å². The zero-order chi connectivity index (χ0) is 35.2. The van der Waals surface area contributed by atoms with Crippen molar-refractivity contribution in [3.8, 4) is 0 Å². The number of rotatable bonds is 13. The van der Waals surface area contributed by atoms with E-state index in [1.54, 1.807) is 0 Å². The Bertz CT molecular complexity index is 1810. The predicted molar refractivity (Wildman–Crippen MR) is 147 cm³/mol. The van der Waals surface area contributed by atoms with Crippen molar-refractivity contribution < 1.29 is 90.4 Å². The average molecular weight is 744 g/mol. The van der Waals surface area contributed by atoms with Crippen molar-refractivity contribution in [2.24, 2.45) is 0 Å². The maximum Gasteiger partial charge on any atom is 0.478 e. The number of fused-ring (bicyclic) bond motifs is 1. The Labute approximate surface area is 267 Å². The number of aliphatic hydroxyl groups is 3. The van der Waals surface area contributed by atoms with Gasteiger partial charge in [0.2, 0.25) is 0 Å². The second-order valence-corrected chi connectivity index (χ2v) is 14.4. The standard InChI is InChI=1S/C21H27N6O18P3/c22-17-12-18(24-7-23-17)27(8-25-12)20-15(30)16(44-46(33,34)35)11(43-20)6-41-48(38,39)45-47(36,37)40-5-10-13(28)14(29)19(42-10)26-3-1-2-9(4-26)21(31)32/h1-4,7-8,10-11,13-16,19-20,28-30H,5-6H2,(H6-,22,23,24,31,32,33,34,35,36,37,38,39)/t10-,11-,13-,14-,15-,16-,19-,20-/m1/s1. The van der Waals surface area contributed by atoms with Gasteiger partial charge in [0.15, 0.2) is 36.2 Å². The van der Waals surface area contributed by atoms with Gasteiger partial charge < -0.3 is 59.7 Å². The first kappa shape index (κ1) is 36.4. The molecule has 9 N–H and O–H groups in total. The number of phosphoric ester groups is 3. The summed E-state index contributed by atoms with van der Waals surface area (Å²) in [5, 5.41) is 40.7. The average Bonchev–Trinajstić information content (AvgIpc) is 3.64. The van der Waals surface area contributed by atoms with Crippen molar-refractivity contribution in [1.82, 2.24) is 19.5 Å². The van der Waals surface area contributed by atoms with Crippen molar-refractivity contribution in [1.29, 1.82) is 0 Å². The summed E-state index contributed by atoms with van der Waals surface area (Å²) >= 11 is 0. The monoisotopic (exact) mass is 744 g/mol. The van der Waals surface area contributed by atoms with Crippen LogP contribution in [0.1, 0.15) is 22.8 Å². The highest BCUT2D eigenvalue weighted by atomic mass is 31.3. The van der Waals surface area contributed by atoms with E-state index in [1.807, 2.05) is 0 Å². The van der Waals surface area contributed by atoms with Crippen molar-refractivity contribution >= 4 is 46.4 Å². The van der Waals surface area contributed by atoms with E-state index in [0.717, 1.165) is 28.0 Å². The molecule has 24 nitrogen and oxygen atoms in total. The molecule has 48 heavy (non-hydrogen) atoms. The summed E-state index contributed by atoms with van der Waals surface area (Å²) in [6.07, 6.45) is -8.96. The molecule has 2 saturated heterocycles. The minimum absolute atomic E-state index is 0.0197. The first-order valence-corrected chi connectivity index (χ1v) is 17.7. The van der Waals surface area contributed by atoms with Crippen LogP contribution in [0.25, 0.3) is 11.2 Å². The highest BCUT2D eigenvalue weighted by Gasteiger charge is 2.51. The summed E-state index contributed by atoms with van der Waals surface area (Å²) in [7, 11) is -16.7. The lowest BCUT2D eigenvalue weighted by molar-refractivity contribution is -0.765. The third kappa shape index (κ3) is 8.12. The van der Waals surface area contributed by atoms with Crippen LogP contribution in [0.4, 0.5) is 5.82 Å². The van der Waals surface area contributed by atoms with E-state index in [1.165, 1.54) is 18.3 Å². The minimum atomic E-state index is -5.76. The number of hydrogen-bond acceptors (Lipinski definition) is 18. The molecule has 0 radical (unpaired) electrons. The number of aliphatic hydroxyl groups excluding tert-OH is 3. The van der Waals surface area contributed by atoms with Crippen LogP contribution < -0.4 is 15.2 Å². The normalized spacial score (nSPS) is 30.3. The van der Waals surface area contributed by atoms with Crippen LogP contribution in [-0.2, 0) is 41.1 Å². The van der Waals surface area contributed by atoms with E-state index in [2.05, 4.69) is 32.8 Å². The molecule has 0 aromatic carbocycles. The van der Waals surface area contributed by atoms with E-state index in [4.69, 9.17) is 20.3 Å². The van der Waals surface area contributed by atoms with Gasteiger partial charge in [0.05, 0.1) is 19.5 Å². The fourth-order valence-corrected chi connectivity index (χ4v) is 7.46. The number of pyridine rings is 1. The van der Waals surface area contributed by atoms with Gasteiger partial charge in [-0.1, -0.05) is 0 Å². The van der Waals surface area contributed by atoms with Crippen molar-refractivity contribution in [2.75, 3.05) is 18.9 Å². The van der Waals surface area contributed by atoms with Gasteiger partial charge in [-0.3, -0.25) is 18.2 Å². The number of ether oxygens (including phenoxy) is 2. The zero-order valence-corrected chi connectivity index (χ0v) is 26.5. The number of carboxylic acids is 1. The fourth-order valence-electron chi connectivity index (χ4n) is 4.83. The van der Waals surface area contributed by atoms with E-state index < -0.39 is 91.7 Å². The third-order valence-corrected chi connectivity index (χ3v) is 10.0. The number of carboxylic acid groups (broad SMARTS) is 1. The molecule has 0 spiro atoms. The molecule has 2 fully saturated rings. The highest BCUT2D eigenvalue weighted by Crippen LogP contribution is 2.59. The molecule has 0 bridgehead atoms. The molecule has 10 atom stereocenters. The lowest BCUT2D eigenvalue weighted by Crippen LogP contribution is -2.46. The second-order valence-electron chi connectivity index (χ2n) is 10.2. The van der Waals surface area contributed by atoms with Gasteiger partial charge in [0, 0.05) is 6.07 Å². The van der Waals surface area contributed by atoms with Crippen LogP contribution >= 0.6 is 23.5 Å². The largest absolute Gasteiger partial charge is 0.756 e. The number of phosphoric acid groups is 3. The number of hydrogen-bond donors (Lipinski definition) is 8. The van der Waals surface area contributed by atoms with E-state index >= 15 is 0 Å². The molecule has 0 aliphatic carbocycles. The quantitative estimate of drug-likeness (QED) is 0.0641.